The molecular formula is C15H22BrNO. The number of anilines is 1. The molecule has 18 heavy (non-hydrogen) atoms. The molecule has 2 nitrogen and oxygen atoms in total. The zero-order valence-corrected chi connectivity index (χ0v) is 12.9. The van der Waals surface area contributed by atoms with Gasteiger partial charge in [-0.05, 0) is 47.0 Å². The van der Waals surface area contributed by atoms with Crippen molar-refractivity contribution in [2.75, 3.05) is 18.0 Å². The highest BCUT2D eigenvalue weighted by Crippen LogP contribution is 2.24. The minimum Gasteiger partial charge on any atom is -0.372 e. The predicted octanol–water partition coefficient (Wildman–Crippen LogP) is 4.67. The summed E-state index contributed by atoms with van der Waals surface area (Å²) in [5.74, 6) is 0. The van der Waals surface area contributed by atoms with E-state index in [0.29, 0.717) is 5.56 Å². The molecule has 1 aromatic rings. The average molecular weight is 312 g/mol. The third-order valence-electron chi connectivity index (χ3n) is 3.04. The van der Waals surface area contributed by atoms with Gasteiger partial charge in [-0.2, -0.15) is 0 Å². The molecule has 0 atom stereocenters. The summed E-state index contributed by atoms with van der Waals surface area (Å²) >= 11 is 3.45. The van der Waals surface area contributed by atoms with Gasteiger partial charge in [0.05, 0.1) is 0 Å². The number of unbranched alkanes of at least 4 members (excludes halogenated alkanes) is 2. The van der Waals surface area contributed by atoms with Crippen LogP contribution in [-0.4, -0.2) is 19.4 Å². The second-order valence-electron chi connectivity index (χ2n) is 4.52. The van der Waals surface area contributed by atoms with Crippen LogP contribution >= 0.6 is 15.9 Å². The Kier molecular flexibility index (Phi) is 7.02. The number of halogens is 1. The van der Waals surface area contributed by atoms with Gasteiger partial charge in [-0.1, -0.05) is 26.7 Å². The van der Waals surface area contributed by atoms with Gasteiger partial charge < -0.3 is 4.90 Å². The molecule has 0 aromatic heterocycles. The van der Waals surface area contributed by atoms with Crippen molar-refractivity contribution in [3.8, 4) is 0 Å². The van der Waals surface area contributed by atoms with Gasteiger partial charge in [0, 0.05) is 28.8 Å². The van der Waals surface area contributed by atoms with E-state index in [-0.39, 0.29) is 0 Å². The van der Waals surface area contributed by atoms with E-state index in [9.17, 15) is 4.79 Å². The SMILES string of the molecule is CCCCN(CCCC)c1ccc(C=O)c(Br)c1. The Morgan fingerprint density at radius 1 is 1.17 bits per heavy atom. The van der Waals surface area contributed by atoms with Crippen molar-refractivity contribution in [3.63, 3.8) is 0 Å². The third-order valence-corrected chi connectivity index (χ3v) is 3.73. The molecule has 0 spiro atoms. The van der Waals surface area contributed by atoms with Crippen LogP contribution in [0.2, 0.25) is 0 Å². The number of hydrogen-bond acceptors (Lipinski definition) is 2. The Morgan fingerprint density at radius 2 is 1.78 bits per heavy atom. The molecule has 0 heterocycles. The second kappa shape index (κ2) is 8.30. The average Bonchev–Trinajstić information content (AvgIpc) is 2.39. The lowest BCUT2D eigenvalue weighted by Crippen LogP contribution is -2.25. The van der Waals surface area contributed by atoms with Crippen molar-refractivity contribution in [3.05, 3.63) is 28.2 Å². The van der Waals surface area contributed by atoms with Crippen LogP contribution in [0.1, 0.15) is 49.9 Å². The Balaban J connectivity index is 2.82. The maximum absolute atomic E-state index is 10.8. The smallest absolute Gasteiger partial charge is 0.151 e. The lowest BCUT2D eigenvalue weighted by molar-refractivity contribution is 0.112. The van der Waals surface area contributed by atoms with Gasteiger partial charge in [-0.3, -0.25) is 4.79 Å². The zero-order chi connectivity index (χ0) is 13.4. The minimum atomic E-state index is 0.713. The van der Waals surface area contributed by atoms with Gasteiger partial charge in [0.15, 0.2) is 6.29 Å². The highest BCUT2D eigenvalue weighted by atomic mass is 79.9. The topological polar surface area (TPSA) is 20.3 Å². The number of aldehydes is 1. The lowest BCUT2D eigenvalue weighted by Gasteiger charge is -2.25. The molecule has 1 aromatic carbocycles. The molecule has 0 unspecified atom stereocenters. The standard InChI is InChI=1S/C15H22BrNO/c1-3-5-9-17(10-6-4-2)14-8-7-13(12-18)15(16)11-14/h7-8,11-12H,3-6,9-10H2,1-2H3. The number of benzene rings is 1. The molecule has 0 N–H and O–H groups in total. The van der Waals surface area contributed by atoms with Crippen LogP contribution in [0.5, 0.6) is 0 Å². The molecule has 0 aliphatic heterocycles. The Bertz CT molecular complexity index is 371. The van der Waals surface area contributed by atoms with Crippen LogP contribution in [0, 0.1) is 0 Å². The largest absolute Gasteiger partial charge is 0.372 e. The van der Waals surface area contributed by atoms with Crippen molar-refractivity contribution in [2.24, 2.45) is 0 Å². The fourth-order valence-electron chi connectivity index (χ4n) is 1.88. The first-order valence-corrected chi connectivity index (χ1v) is 7.51. The number of carbonyl (C=O) groups excluding carboxylic acids is 1. The molecule has 0 saturated heterocycles. The van der Waals surface area contributed by atoms with Gasteiger partial charge in [-0.25, -0.2) is 0 Å². The highest BCUT2D eigenvalue weighted by molar-refractivity contribution is 9.10. The number of carbonyl (C=O) groups is 1. The summed E-state index contributed by atoms with van der Waals surface area (Å²) in [4.78, 5) is 13.2. The molecule has 0 aliphatic rings. The van der Waals surface area contributed by atoms with Crippen LogP contribution in [0.4, 0.5) is 5.69 Å². The first-order chi connectivity index (χ1) is 8.72. The summed E-state index contributed by atoms with van der Waals surface area (Å²) in [6.07, 6.45) is 5.70. The van der Waals surface area contributed by atoms with E-state index in [0.717, 1.165) is 23.8 Å². The molecule has 0 amide bonds. The van der Waals surface area contributed by atoms with Crippen LogP contribution < -0.4 is 4.90 Å². The normalized spacial score (nSPS) is 10.4. The Labute approximate surface area is 119 Å². The van der Waals surface area contributed by atoms with Gasteiger partial charge >= 0.3 is 0 Å². The van der Waals surface area contributed by atoms with E-state index >= 15 is 0 Å². The van der Waals surface area contributed by atoms with Gasteiger partial charge in [-0.15, -0.1) is 0 Å². The van der Waals surface area contributed by atoms with Crippen molar-refractivity contribution in [1.29, 1.82) is 0 Å². The lowest BCUT2D eigenvalue weighted by atomic mass is 10.2. The highest BCUT2D eigenvalue weighted by Gasteiger charge is 2.07. The second-order valence-corrected chi connectivity index (χ2v) is 5.37. The van der Waals surface area contributed by atoms with E-state index in [1.165, 1.54) is 31.4 Å². The monoisotopic (exact) mass is 311 g/mol. The first-order valence-electron chi connectivity index (χ1n) is 6.72. The number of hydrogen-bond donors (Lipinski definition) is 0. The van der Waals surface area contributed by atoms with Crippen molar-refractivity contribution in [1.82, 2.24) is 0 Å². The quantitative estimate of drug-likeness (QED) is 0.650. The zero-order valence-electron chi connectivity index (χ0n) is 11.3. The molecule has 1 rings (SSSR count). The van der Waals surface area contributed by atoms with Crippen LogP contribution in [-0.2, 0) is 0 Å². The summed E-state index contributed by atoms with van der Waals surface area (Å²) in [6, 6.07) is 5.98. The number of rotatable bonds is 8. The molecule has 0 radical (unpaired) electrons. The molecule has 0 fully saturated rings. The fourth-order valence-corrected chi connectivity index (χ4v) is 2.34. The molecule has 3 heteroatoms. The van der Waals surface area contributed by atoms with E-state index in [1.807, 2.05) is 12.1 Å². The van der Waals surface area contributed by atoms with Gasteiger partial charge in [0.2, 0.25) is 0 Å². The fraction of sp³-hybridized carbons (Fsp3) is 0.533. The minimum absolute atomic E-state index is 0.713. The van der Waals surface area contributed by atoms with E-state index in [4.69, 9.17) is 0 Å². The Hall–Kier alpha value is -0.830. The van der Waals surface area contributed by atoms with E-state index in [1.54, 1.807) is 0 Å². The van der Waals surface area contributed by atoms with Crippen molar-refractivity contribution in [2.45, 2.75) is 39.5 Å². The van der Waals surface area contributed by atoms with Crippen LogP contribution in [0.3, 0.4) is 0 Å². The summed E-state index contributed by atoms with van der Waals surface area (Å²) in [5.41, 5.74) is 1.92. The number of nitrogens with zero attached hydrogens (tertiary/aromatic N) is 1. The van der Waals surface area contributed by atoms with E-state index < -0.39 is 0 Å². The summed E-state index contributed by atoms with van der Waals surface area (Å²) in [5, 5.41) is 0. The van der Waals surface area contributed by atoms with E-state index in [2.05, 4.69) is 40.7 Å². The van der Waals surface area contributed by atoms with Crippen LogP contribution in [0.15, 0.2) is 22.7 Å². The maximum atomic E-state index is 10.8. The van der Waals surface area contributed by atoms with Crippen LogP contribution in [0.25, 0.3) is 0 Å². The molecule has 0 bridgehead atoms. The van der Waals surface area contributed by atoms with Gasteiger partial charge in [0.25, 0.3) is 0 Å². The molecule has 0 aliphatic carbocycles. The van der Waals surface area contributed by atoms with Crippen molar-refractivity contribution >= 4 is 27.9 Å². The summed E-state index contributed by atoms with van der Waals surface area (Å²) in [7, 11) is 0. The summed E-state index contributed by atoms with van der Waals surface area (Å²) in [6.45, 7) is 6.60. The first kappa shape index (κ1) is 15.2. The predicted molar refractivity (Wildman–Crippen MR) is 81.6 cm³/mol. The maximum Gasteiger partial charge on any atom is 0.151 e. The van der Waals surface area contributed by atoms with Gasteiger partial charge in [0.1, 0.15) is 0 Å². The molecular weight excluding hydrogens is 290 g/mol. The van der Waals surface area contributed by atoms with Crippen molar-refractivity contribution < 1.29 is 4.79 Å². The Morgan fingerprint density at radius 3 is 2.22 bits per heavy atom. The molecule has 0 saturated carbocycles. The molecule has 100 valence electrons. The summed E-state index contributed by atoms with van der Waals surface area (Å²) < 4.78 is 0.882. The third kappa shape index (κ3) is 4.45.